The molecule has 11 heteroatoms. The highest BCUT2D eigenvalue weighted by molar-refractivity contribution is 5.76. The van der Waals surface area contributed by atoms with Crippen LogP contribution in [0.4, 0.5) is 5.95 Å². The third kappa shape index (κ3) is 9.10. The fourth-order valence-corrected chi connectivity index (χ4v) is 6.55. The molecule has 4 atom stereocenters. The second-order valence-corrected chi connectivity index (χ2v) is 13.0. The molecule has 0 aliphatic carbocycles. The molecule has 4 aromatic rings. The molecule has 2 fully saturated rings. The van der Waals surface area contributed by atoms with Crippen molar-refractivity contribution in [3.05, 3.63) is 114 Å². The third-order valence-corrected chi connectivity index (χ3v) is 9.50. The Morgan fingerprint density at radius 2 is 1.56 bits per heavy atom. The molecule has 50 heavy (non-hydrogen) atoms. The van der Waals surface area contributed by atoms with Gasteiger partial charge in [0.2, 0.25) is 11.9 Å². The van der Waals surface area contributed by atoms with E-state index in [0.717, 1.165) is 72.1 Å². The Hall–Kier alpha value is -4.68. The van der Waals surface area contributed by atoms with Gasteiger partial charge in [0.15, 0.2) is 6.29 Å². The van der Waals surface area contributed by atoms with Crippen LogP contribution in [0.5, 0.6) is 0 Å². The monoisotopic (exact) mass is 679 g/mol. The first-order valence-corrected chi connectivity index (χ1v) is 17.3. The van der Waals surface area contributed by atoms with Gasteiger partial charge in [0.05, 0.1) is 18.8 Å². The van der Waals surface area contributed by atoms with Crippen LogP contribution in [0.2, 0.25) is 0 Å². The summed E-state index contributed by atoms with van der Waals surface area (Å²) in [6.07, 6.45) is 3.22. The number of piperazine rings is 1. The quantitative estimate of drug-likeness (QED) is 0.175. The third-order valence-electron chi connectivity index (χ3n) is 9.50. The van der Waals surface area contributed by atoms with Crippen LogP contribution >= 0.6 is 0 Å². The highest BCUT2D eigenvalue weighted by atomic mass is 16.7. The molecule has 0 unspecified atom stereocenters. The molecule has 2 saturated heterocycles. The van der Waals surface area contributed by atoms with E-state index in [-0.39, 0.29) is 43.5 Å². The molecule has 3 aromatic carbocycles. The molecule has 1 amide bonds. The van der Waals surface area contributed by atoms with Gasteiger partial charge in [-0.2, -0.15) is 0 Å². The van der Waals surface area contributed by atoms with Crippen molar-refractivity contribution in [3.63, 3.8) is 0 Å². The number of ether oxygens (including phenoxy) is 2. The first kappa shape index (κ1) is 35.2. The zero-order valence-electron chi connectivity index (χ0n) is 28.4. The van der Waals surface area contributed by atoms with E-state index < -0.39 is 12.3 Å². The van der Waals surface area contributed by atoms with E-state index in [9.17, 15) is 14.7 Å². The molecule has 262 valence electrons. The van der Waals surface area contributed by atoms with Gasteiger partial charge in [-0.3, -0.25) is 14.5 Å². The number of aliphatic hydroxyl groups excluding tert-OH is 1. The minimum absolute atomic E-state index is 0.00575. The second kappa shape index (κ2) is 16.8. The number of anilines is 1. The van der Waals surface area contributed by atoms with E-state index in [1.807, 2.05) is 54.6 Å². The van der Waals surface area contributed by atoms with Gasteiger partial charge >= 0.3 is 5.97 Å². The number of hydrogen-bond donors (Lipinski definition) is 3. The number of benzene rings is 3. The molecule has 3 heterocycles. The Bertz CT molecular complexity index is 1700. The maximum atomic E-state index is 12.2. The van der Waals surface area contributed by atoms with Crippen LogP contribution in [-0.4, -0.2) is 75.8 Å². The Morgan fingerprint density at radius 3 is 2.26 bits per heavy atom. The van der Waals surface area contributed by atoms with E-state index in [1.165, 1.54) is 0 Å². The Morgan fingerprint density at radius 1 is 0.840 bits per heavy atom. The van der Waals surface area contributed by atoms with Gasteiger partial charge in [0, 0.05) is 76.0 Å². The minimum atomic E-state index is -0.898. The zero-order valence-corrected chi connectivity index (χ0v) is 28.4. The number of aromatic nitrogens is 2. The van der Waals surface area contributed by atoms with Crippen LogP contribution in [0.3, 0.4) is 0 Å². The summed E-state index contributed by atoms with van der Waals surface area (Å²) < 4.78 is 13.4. The maximum absolute atomic E-state index is 12.2. The number of amides is 1. The number of carbonyl (C=O) groups excluding carboxylic acids is 1. The van der Waals surface area contributed by atoms with Crippen molar-refractivity contribution < 1.29 is 29.3 Å². The number of nitrogens with one attached hydrogen (secondary N) is 1. The summed E-state index contributed by atoms with van der Waals surface area (Å²) in [5.74, 6) is -0.208. The van der Waals surface area contributed by atoms with Gasteiger partial charge < -0.3 is 29.9 Å². The largest absolute Gasteiger partial charge is 0.481 e. The molecule has 11 nitrogen and oxygen atoms in total. The van der Waals surface area contributed by atoms with Crippen molar-refractivity contribution in [3.8, 4) is 11.1 Å². The molecule has 2 aliphatic heterocycles. The fourth-order valence-electron chi connectivity index (χ4n) is 6.55. The van der Waals surface area contributed by atoms with Crippen molar-refractivity contribution in [1.29, 1.82) is 0 Å². The normalized spacial score (nSPS) is 21.1. The van der Waals surface area contributed by atoms with E-state index in [4.69, 9.17) is 14.6 Å². The number of carboxylic acid groups (broad SMARTS) is 1. The topological polar surface area (TPSA) is 137 Å². The molecule has 0 spiro atoms. The Balaban J connectivity index is 1.13. The molecule has 0 radical (unpaired) electrons. The molecule has 1 aromatic heterocycles. The van der Waals surface area contributed by atoms with Crippen molar-refractivity contribution in [2.45, 2.75) is 57.8 Å². The van der Waals surface area contributed by atoms with Gasteiger partial charge in [-0.15, -0.1) is 0 Å². The van der Waals surface area contributed by atoms with Crippen LogP contribution in [0.25, 0.3) is 11.1 Å². The molecular formula is C39H45N5O6. The number of rotatable bonds is 13. The smallest absolute Gasteiger partial charge is 0.303 e. The van der Waals surface area contributed by atoms with Gasteiger partial charge in [-0.05, 0) is 46.4 Å². The van der Waals surface area contributed by atoms with Crippen LogP contribution in [0.1, 0.15) is 60.8 Å². The Labute approximate surface area is 292 Å². The Kier molecular flexibility index (Phi) is 11.8. The lowest BCUT2D eigenvalue weighted by atomic mass is 9.89. The standard InChI is InChI=1S/C39H45N5O6/c1-27-34(25-43-19-21-44(22-20-43)39-40-17-4-18-41-39)49-38(50-37(27)31-11-9-28(26-45)10-12-31)32-15-13-30(14-16-32)33-6-2-5-29(23-33)24-42-35(46)7-3-8-36(47)48/h2,4-6,9-18,23,27,34,37-38,45H,3,7-8,19-22,24-26H2,1H3,(H,42,46)(H,47,48)/t27-,34+,37+,38+/m0/s1. The molecule has 6 rings (SSSR count). The first-order chi connectivity index (χ1) is 24.4. The lowest BCUT2D eigenvalue weighted by Gasteiger charge is -2.44. The van der Waals surface area contributed by atoms with Crippen molar-refractivity contribution in [1.82, 2.24) is 20.2 Å². The van der Waals surface area contributed by atoms with Gasteiger partial charge in [0.25, 0.3) is 0 Å². The van der Waals surface area contributed by atoms with Crippen molar-refractivity contribution >= 4 is 17.8 Å². The summed E-state index contributed by atoms with van der Waals surface area (Å²) in [6.45, 7) is 6.79. The lowest BCUT2D eigenvalue weighted by molar-refractivity contribution is -0.276. The number of nitrogens with zero attached hydrogens (tertiary/aromatic N) is 4. The first-order valence-electron chi connectivity index (χ1n) is 17.3. The molecule has 0 bridgehead atoms. The summed E-state index contributed by atoms with van der Waals surface area (Å²) in [4.78, 5) is 36.4. The summed E-state index contributed by atoms with van der Waals surface area (Å²) in [6, 6.07) is 26.1. The molecule has 2 aliphatic rings. The second-order valence-electron chi connectivity index (χ2n) is 13.0. The number of carboxylic acids is 1. The van der Waals surface area contributed by atoms with Crippen LogP contribution in [-0.2, 0) is 32.2 Å². The van der Waals surface area contributed by atoms with Crippen molar-refractivity contribution in [2.75, 3.05) is 37.6 Å². The van der Waals surface area contributed by atoms with Gasteiger partial charge in [0.1, 0.15) is 0 Å². The minimum Gasteiger partial charge on any atom is -0.481 e. The van der Waals surface area contributed by atoms with Crippen molar-refractivity contribution in [2.24, 2.45) is 5.92 Å². The lowest BCUT2D eigenvalue weighted by Crippen LogP contribution is -2.51. The average molecular weight is 680 g/mol. The average Bonchev–Trinajstić information content (AvgIpc) is 3.15. The summed E-state index contributed by atoms with van der Waals surface area (Å²) in [7, 11) is 0. The van der Waals surface area contributed by atoms with Crippen LogP contribution in [0.15, 0.2) is 91.3 Å². The summed E-state index contributed by atoms with van der Waals surface area (Å²) in [5.41, 5.74) is 5.86. The fraction of sp³-hybridized carbons (Fsp3) is 0.385. The van der Waals surface area contributed by atoms with Gasteiger partial charge in [-0.25, -0.2) is 9.97 Å². The van der Waals surface area contributed by atoms with Crippen LogP contribution in [0, 0.1) is 5.92 Å². The van der Waals surface area contributed by atoms with Gasteiger partial charge in [-0.1, -0.05) is 73.7 Å². The van der Waals surface area contributed by atoms with E-state index in [0.29, 0.717) is 13.0 Å². The maximum Gasteiger partial charge on any atom is 0.303 e. The number of aliphatic carboxylic acids is 1. The van der Waals surface area contributed by atoms with E-state index in [1.54, 1.807) is 12.4 Å². The number of hydrogen-bond acceptors (Lipinski definition) is 9. The number of aliphatic hydroxyl groups is 1. The van der Waals surface area contributed by atoms with E-state index >= 15 is 0 Å². The SMILES string of the molecule is C[C@H]1[C@@H](CN2CCN(c3ncccn3)CC2)O[C@@H](c2ccc(-c3cccc(CNC(=O)CCCC(=O)O)c3)cc2)O[C@H]1c1ccc(CO)cc1. The predicted octanol–water partition coefficient (Wildman–Crippen LogP) is 5.12. The summed E-state index contributed by atoms with van der Waals surface area (Å²) >= 11 is 0. The predicted molar refractivity (Wildman–Crippen MR) is 189 cm³/mol. The molecule has 3 N–H and O–H groups in total. The molecule has 0 saturated carbocycles. The summed E-state index contributed by atoms with van der Waals surface area (Å²) in [5, 5.41) is 21.3. The zero-order chi connectivity index (χ0) is 34.9. The highest BCUT2D eigenvalue weighted by Gasteiger charge is 2.39. The molecular weight excluding hydrogens is 634 g/mol. The number of carbonyl (C=O) groups is 2. The highest BCUT2D eigenvalue weighted by Crippen LogP contribution is 2.42. The van der Waals surface area contributed by atoms with E-state index in [2.05, 4.69) is 56.3 Å². The van der Waals surface area contributed by atoms with Crippen LogP contribution < -0.4 is 10.2 Å².